The smallest absolute Gasteiger partial charge is 0.216 e. The number of nitrogens with one attached hydrogen (secondary N) is 1. The van der Waals surface area contributed by atoms with Gasteiger partial charge in [0.2, 0.25) is 4.77 Å². The summed E-state index contributed by atoms with van der Waals surface area (Å²) in [4.78, 5) is 0. The van der Waals surface area contributed by atoms with E-state index in [0.717, 1.165) is 21.2 Å². The Morgan fingerprint density at radius 3 is 2.82 bits per heavy atom. The monoisotopic (exact) mass is 372 g/mol. The average Bonchev–Trinajstić information content (AvgIpc) is 2.87. The topological polar surface area (TPSA) is 46.0 Å². The van der Waals surface area contributed by atoms with Gasteiger partial charge in [0.05, 0.1) is 6.21 Å². The molecular formula is C16H13BrN4S. The molecule has 22 heavy (non-hydrogen) atoms. The number of aromatic nitrogens is 3. The molecule has 0 bridgehead atoms. The predicted molar refractivity (Wildman–Crippen MR) is 94.7 cm³/mol. The van der Waals surface area contributed by atoms with Gasteiger partial charge in [0.15, 0.2) is 5.82 Å². The van der Waals surface area contributed by atoms with Gasteiger partial charge in [-0.1, -0.05) is 52.3 Å². The summed E-state index contributed by atoms with van der Waals surface area (Å²) in [6.07, 6.45) is 1.76. The van der Waals surface area contributed by atoms with Crippen LogP contribution in [0.2, 0.25) is 0 Å². The number of nitrogens with zero attached hydrogens (tertiary/aromatic N) is 3. The van der Waals surface area contributed by atoms with E-state index in [-0.39, 0.29) is 0 Å². The second kappa shape index (κ2) is 6.37. The molecule has 0 unspecified atom stereocenters. The Hall–Kier alpha value is -2.05. The van der Waals surface area contributed by atoms with Crippen LogP contribution in [-0.4, -0.2) is 21.1 Å². The van der Waals surface area contributed by atoms with Crippen LogP contribution in [0.1, 0.15) is 11.1 Å². The molecule has 1 aromatic heterocycles. The molecule has 0 aliphatic rings. The van der Waals surface area contributed by atoms with Gasteiger partial charge in [0.1, 0.15) is 0 Å². The van der Waals surface area contributed by atoms with Crippen LogP contribution in [0.3, 0.4) is 0 Å². The van der Waals surface area contributed by atoms with Crippen LogP contribution < -0.4 is 0 Å². The first-order chi connectivity index (χ1) is 10.6. The summed E-state index contributed by atoms with van der Waals surface area (Å²) in [7, 11) is 0. The summed E-state index contributed by atoms with van der Waals surface area (Å²) in [6.45, 7) is 2.04. The standard InChI is InChI=1S/C16H13BrN4S/c1-11-5-2-3-8-14(11)15-19-20-16(22)21(15)18-10-12-6-4-7-13(17)9-12/h2-10H,1H3,(H,20,22). The second-order valence-corrected chi connectivity index (χ2v) is 6.08. The summed E-state index contributed by atoms with van der Waals surface area (Å²) < 4.78 is 3.11. The molecule has 0 spiro atoms. The minimum Gasteiger partial charge on any atom is -0.250 e. The lowest BCUT2D eigenvalue weighted by Gasteiger charge is -2.04. The number of aromatic amines is 1. The van der Waals surface area contributed by atoms with E-state index in [1.165, 1.54) is 0 Å². The lowest BCUT2D eigenvalue weighted by atomic mass is 10.1. The van der Waals surface area contributed by atoms with Gasteiger partial charge in [-0.3, -0.25) is 0 Å². The molecule has 0 radical (unpaired) electrons. The molecule has 3 rings (SSSR count). The van der Waals surface area contributed by atoms with Gasteiger partial charge >= 0.3 is 0 Å². The minimum atomic E-state index is 0.462. The lowest BCUT2D eigenvalue weighted by molar-refractivity contribution is 0.871. The van der Waals surface area contributed by atoms with Crippen LogP contribution in [0, 0.1) is 11.7 Å². The quantitative estimate of drug-likeness (QED) is 0.540. The van der Waals surface area contributed by atoms with Gasteiger partial charge in [-0.05, 0) is 42.4 Å². The molecule has 0 aliphatic carbocycles. The van der Waals surface area contributed by atoms with Crippen molar-refractivity contribution in [3.63, 3.8) is 0 Å². The number of aryl methyl sites for hydroxylation is 1. The summed E-state index contributed by atoms with van der Waals surface area (Å²) in [5, 5.41) is 11.6. The number of rotatable bonds is 3. The van der Waals surface area contributed by atoms with Crippen LogP contribution in [0.4, 0.5) is 0 Å². The van der Waals surface area contributed by atoms with Crippen LogP contribution in [0.25, 0.3) is 11.4 Å². The summed E-state index contributed by atoms with van der Waals surface area (Å²) in [6, 6.07) is 15.9. The zero-order valence-corrected chi connectivity index (χ0v) is 14.2. The third kappa shape index (κ3) is 3.08. The van der Waals surface area contributed by atoms with E-state index >= 15 is 0 Å². The Balaban J connectivity index is 2.04. The predicted octanol–water partition coefficient (Wildman–Crippen LogP) is 4.56. The maximum absolute atomic E-state index is 5.28. The van der Waals surface area contributed by atoms with Crippen molar-refractivity contribution in [2.75, 3.05) is 0 Å². The van der Waals surface area contributed by atoms with Crippen molar-refractivity contribution in [2.45, 2.75) is 6.92 Å². The van der Waals surface area contributed by atoms with E-state index in [2.05, 4.69) is 31.2 Å². The van der Waals surface area contributed by atoms with Gasteiger partial charge in [0, 0.05) is 10.0 Å². The third-order valence-corrected chi connectivity index (χ3v) is 3.96. The van der Waals surface area contributed by atoms with Gasteiger partial charge in [-0.15, -0.1) is 0 Å². The molecule has 6 heteroatoms. The fraction of sp³-hybridized carbons (Fsp3) is 0.0625. The van der Waals surface area contributed by atoms with Crippen LogP contribution in [-0.2, 0) is 0 Å². The van der Waals surface area contributed by atoms with Gasteiger partial charge in [-0.25, -0.2) is 5.10 Å². The Bertz CT molecular complexity index is 895. The second-order valence-electron chi connectivity index (χ2n) is 4.78. The van der Waals surface area contributed by atoms with Crippen LogP contribution in [0.5, 0.6) is 0 Å². The molecule has 0 aliphatic heterocycles. The summed E-state index contributed by atoms with van der Waals surface area (Å²) in [5.41, 5.74) is 3.10. The zero-order chi connectivity index (χ0) is 15.5. The number of halogens is 1. The fourth-order valence-corrected chi connectivity index (χ4v) is 2.70. The lowest BCUT2D eigenvalue weighted by Crippen LogP contribution is -1.96. The molecule has 110 valence electrons. The molecule has 0 atom stereocenters. The molecule has 0 fully saturated rings. The Kier molecular flexibility index (Phi) is 4.31. The van der Waals surface area contributed by atoms with E-state index in [4.69, 9.17) is 12.2 Å². The molecular weight excluding hydrogens is 360 g/mol. The molecule has 1 N–H and O–H groups in total. The summed E-state index contributed by atoms with van der Waals surface area (Å²) in [5.74, 6) is 0.703. The first-order valence-corrected chi connectivity index (χ1v) is 7.88. The number of H-pyrrole nitrogens is 1. The third-order valence-electron chi connectivity index (χ3n) is 3.21. The van der Waals surface area contributed by atoms with E-state index in [1.54, 1.807) is 10.9 Å². The Labute approximate surface area is 141 Å². The highest BCUT2D eigenvalue weighted by atomic mass is 79.9. The SMILES string of the molecule is Cc1ccccc1-c1n[nH]c(=S)n1N=Cc1cccc(Br)c1. The molecule has 1 heterocycles. The number of benzene rings is 2. The van der Waals surface area contributed by atoms with Crippen molar-refractivity contribution in [3.05, 3.63) is 68.9 Å². The Morgan fingerprint density at radius 2 is 2.05 bits per heavy atom. The van der Waals surface area contributed by atoms with Crippen molar-refractivity contribution in [1.29, 1.82) is 0 Å². The maximum Gasteiger partial charge on any atom is 0.216 e. The minimum absolute atomic E-state index is 0.462. The normalized spacial score (nSPS) is 11.2. The van der Waals surface area contributed by atoms with E-state index in [1.807, 2.05) is 55.5 Å². The largest absolute Gasteiger partial charge is 0.250 e. The van der Waals surface area contributed by atoms with Crippen molar-refractivity contribution in [1.82, 2.24) is 14.9 Å². The maximum atomic E-state index is 5.28. The summed E-state index contributed by atoms with van der Waals surface area (Å²) >= 11 is 8.73. The molecule has 2 aromatic carbocycles. The zero-order valence-electron chi connectivity index (χ0n) is 11.8. The Morgan fingerprint density at radius 1 is 1.23 bits per heavy atom. The molecule has 0 amide bonds. The van der Waals surface area contributed by atoms with Crippen molar-refractivity contribution in [2.24, 2.45) is 5.10 Å². The van der Waals surface area contributed by atoms with Crippen LogP contribution in [0.15, 0.2) is 58.1 Å². The van der Waals surface area contributed by atoms with Crippen molar-refractivity contribution >= 4 is 34.4 Å². The highest BCUT2D eigenvalue weighted by Gasteiger charge is 2.09. The highest BCUT2D eigenvalue weighted by molar-refractivity contribution is 9.10. The highest BCUT2D eigenvalue weighted by Crippen LogP contribution is 2.21. The van der Waals surface area contributed by atoms with Gasteiger partial charge in [-0.2, -0.15) is 14.9 Å². The molecule has 0 saturated carbocycles. The number of hydrogen-bond acceptors (Lipinski definition) is 3. The first-order valence-electron chi connectivity index (χ1n) is 6.68. The van der Waals surface area contributed by atoms with E-state index in [0.29, 0.717) is 10.6 Å². The molecule has 0 saturated heterocycles. The first kappa shape index (κ1) is 14.9. The molecule has 3 aromatic rings. The molecule has 4 nitrogen and oxygen atoms in total. The van der Waals surface area contributed by atoms with E-state index < -0.39 is 0 Å². The van der Waals surface area contributed by atoms with Crippen molar-refractivity contribution < 1.29 is 0 Å². The van der Waals surface area contributed by atoms with Crippen LogP contribution >= 0.6 is 28.1 Å². The average molecular weight is 373 g/mol. The van der Waals surface area contributed by atoms with E-state index in [9.17, 15) is 0 Å². The fourth-order valence-electron chi connectivity index (χ4n) is 2.11. The number of hydrogen-bond donors (Lipinski definition) is 1. The van der Waals surface area contributed by atoms with Crippen molar-refractivity contribution in [3.8, 4) is 11.4 Å². The van der Waals surface area contributed by atoms with Gasteiger partial charge in [0.25, 0.3) is 0 Å². The van der Waals surface area contributed by atoms with Gasteiger partial charge < -0.3 is 0 Å².